The van der Waals surface area contributed by atoms with Gasteiger partial charge in [-0.05, 0) is 48.4 Å². The van der Waals surface area contributed by atoms with E-state index in [2.05, 4.69) is 12.1 Å². The molecule has 5 rings (SSSR count). The maximum Gasteiger partial charge on any atom is 0.184 e. The van der Waals surface area contributed by atoms with Gasteiger partial charge in [-0.15, -0.1) is 0 Å². The van der Waals surface area contributed by atoms with Gasteiger partial charge in [0.15, 0.2) is 11.6 Å². The first-order valence-electron chi connectivity index (χ1n) is 10.6. The number of nitriles is 1. The Morgan fingerprint density at radius 1 is 1.00 bits per heavy atom. The first-order valence-corrected chi connectivity index (χ1v) is 10.9. The second-order valence-electron chi connectivity index (χ2n) is 8.49. The third-order valence-corrected chi connectivity index (χ3v) is 7.31. The number of carbonyl (C=O) groups is 2. The van der Waals surface area contributed by atoms with Crippen LogP contribution in [0.4, 0.5) is 0 Å². The molecule has 0 radical (unpaired) electrons. The molecule has 0 fully saturated rings. The van der Waals surface area contributed by atoms with Crippen molar-refractivity contribution in [2.75, 3.05) is 0 Å². The van der Waals surface area contributed by atoms with Crippen molar-refractivity contribution in [3.8, 4) is 6.07 Å². The Bertz CT molecular complexity index is 1180. The number of hydrogen-bond acceptors (Lipinski definition) is 4. The summed E-state index contributed by atoms with van der Waals surface area (Å²) in [7, 11) is 0. The first-order chi connectivity index (χ1) is 15.0. The molecule has 0 aromatic heterocycles. The van der Waals surface area contributed by atoms with Crippen LogP contribution in [0.25, 0.3) is 0 Å². The number of ketones is 2. The van der Waals surface area contributed by atoms with Crippen molar-refractivity contribution < 1.29 is 9.59 Å². The van der Waals surface area contributed by atoms with E-state index in [1.807, 2.05) is 12.1 Å². The molecule has 0 amide bonds. The van der Waals surface area contributed by atoms with Gasteiger partial charge in [-0.25, -0.2) is 0 Å². The molecule has 2 aromatic carbocycles. The largest absolute Gasteiger partial charge is 0.400 e. The Balaban J connectivity index is 1.87. The third-order valence-electron chi connectivity index (χ3n) is 7.06. The van der Waals surface area contributed by atoms with Gasteiger partial charge in [-0.2, -0.15) is 5.26 Å². The van der Waals surface area contributed by atoms with Crippen LogP contribution in [0.3, 0.4) is 0 Å². The van der Waals surface area contributed by atoms with Crippen molar-refractivity contribution in [2.24, 2.45) is 17.1 Å². The molecule has 2 aromatic rings. The van der Waals surface area contributed by atoms with Gasteiger partial charge in [0.25, 0.3) is 0 Å². The number of hydrogen-bond donors (Lipinski definition) is 1. The van der Waals surface area contributed by atoms with E-state index in [4.69, 9.17) is 17.3 Å². The van der Waals surface area contributed by atoms with E-state index in [0.717, 1.165) is 36.8 Å². The average molecular weight is 429 g/mol. The van der Waals surface area contributed by atoms with Crippen molar-refractivity contribution in [1.29, 1.82) is 5.26 Å². The van der Waals surface area contributed by atoms with E-state index in [1.54, 1.807) is 36.4 Å². The molecule has 4 nitrogen and oxygen atoms in total. The highest BCUT2D eigenvalue weighted by Crippen LogP contribution is 2.60. The minimum atomic E-state index is -1.60. The summed E-state index contributed by atoms with van der Waals surface area (Å²) in [6, 6.07) is 16.4. The monoisotopic (exact) mass is 428 g/mol. The molecule has 0 aliphatic heterocycles. The fraction of sp³-hybridized carbons (Fsp3) is 0.269. The van der Waals surface area contributed by atoms with Crippen molar-refractivity contribution in [2.45, 2.75) is 31.6 Å². The number of fused-ring (bicyclic) bond motifs is 2. The summed E-state index contributed by atoms with van der Waals surface area (Å²) in [5.41, 5.74) is 7.92. The van der Waals surface area contributed by atoms with Crippen LogP contribution in [-0.2, 0) is 0 Å². The predicted octanol–water partition coefficient (Wildman–Crippen LogP) is 5.36. The van der Waals surface area contributed by atoms with E-state index in [9.17, 15) is 14.9 Å². The minimum Gasteiger partial charge on any atom is -0.400 e. The van der Waals surface area contributed by atoms with Crippen molar-refractivity contribution in [3.63, 3.8) is 0 Å². The van der Waals surface area contributed by atoms with E-state index >= 15 is 0 Å². The summed E-state index contributed by atoms with van der Waals surface area (Å²) in [6.45, 7) is 0. The number of nitrogens with two attached hydrogens (primary N) is 1. The second-order valence-corrected chi connectivity index (χ2v) is 8.93. The molecule has 0 bridgehead atoms. The van der Waals surface area contributed by atoms with E-state index in [-0.39, 0.29) is 23.2 Å². The summed E-state index contributed by atoms with van der Waals surface area (Å²) < 4.78 is 0. The van der Waals surface area contributed by atoms with Gasteiger partial charge in [-0.3, -0.25) is 9.59 Å². The number of allylic oxidation sites excluding steroid dienone is 4. The summed E-state index contributed by atoms with van der Waals surface area (Å²) >= 11 is 6.15. The van der Waals surface area contributed by atoms with Crippen molar-refractivity contribution in [1.82, 2.24) is 0 Å². The number of rotatable bonds is 1. The number of carbonyl (C=O) groups excluding carboxylic acids is 2. The fourth-order valence-corrected chi connectivity index (χ4v) is 5.87. The van der Waals surface area contributed by atoms with Crippen LogP contribution in [-0.4, -0.2) is 11.6 Å². The summed E-state index contributed by atoms with van der Waals surface area (Å²) in [5, 5.41) is 10.6. The van der Waals surface area contributed by atoms with E-state index in [0.29, 0.717) is 21.7 Å². The Morgan fingerprint density at radius 3 is 2.26 bits per heavy atom. The molecule has 0 saturated carbocycles. The number of nitrogens with zero attached hydrogens (tertiary/aromatic N) is 1. The highest BCUT2D eigenvalue weighted by Gasteiger charge is 2.64. The zero-order valence-electron chi connectivity index (χ0n) is 16.9. The molecule has 3 aliphatic rings. The molecular formula is C26H21ClN2O2. The number of benzene rings is 2. The van der Waals surface area contributed by atoms with Crippen LogP contribution in [0.1, 0.15) is 57.9 Å². The molecule has 2 atom stereocenters. The lowest BCUT2D eigenvalue weighted by atomic mass is 9.55. The lowest BCUT2D eigenvalue weighted by Gasteiger charge is -2.45. The van der Waals surface area contributed by atoms with Crippen LogP contribution in [0, 0.1) is 22.7 Å². The standard InChI is InChI=1S/C26H21ClN2O2/c27-16-12-10-15(11-13-16)22-18-7-3-1-2-6-17(18)21(14-28)23(29)26(22)24(30)19-8-4-5-9-20(19)25(26)31/h4-6,8-13,18,22H,1-3,7,29H2/t18-,22+/m1/s1. The molecule has 0 unspecified atom stereocenters. The summed E-state index contributed by atoms with van der Waals surface area (Å²) in [5.74, 6) is -1.24. The predicted molar refractivity (Wildman–Crippen MR) is 119 cm³/mol. The van der Waals surface area contributed by atoms with Gasteiger partial charge in [0, 0.05) is 27.8 Å². The van der Waals surface area contributed by atoms with Gasteiger partial charge in [0.2, 0.25) is 0 Å². The van der Waals surface area contributed by atoms with E-state index in [1.165, 1.54) is 0 Å². The lowest BCUT2D eigenvalue weighted by Crippen LogP contribution is -2.50. The third kappa shape index (κ3) is 2.60. The molecule has 5 heteroatoms. The van der Waals surface area contributed by atoms with Crippen molar-refractivity contribution >= 4 is 23.2 Å². The Hall–Kier alpha value is -3.16. The average Bonchev–Trinajstić information content (AvgIpc) is 2.93. The van der Waals surface area contributed by atoms with Gasteiger partial charge < -0.3 is 5.73 Å². The van der Waals surface area contributed by atoms with Crippen LogP contribution in [0.5, 0.6) is 0 Å². The lowest BCUT2D eigenvalue weighted by molar-refractivity contribution is 0.0662. The van der Waals surface area contributed by atoms with Gasteiger partial charge in [0.05, 0.1) is 5.57 Å². The normalized spacial score (nSPS) is 24.3. The molecule has 154 valence electrons. The number of Topliss-reactive ketones (excluding diaryl/α,β-unsaturated/α-hetero) is 2. The Morgan fingerprint density at radius 2 is 1.65 bits per heavy atom. The highest BCUT2D eigenvalue weighted by molar-refractivity contribution is 6.32. The Kier molecular flexibility index (Phi) is 4.60. The van der Waals surface area contributed by atoms with Gasteiger partial charge in [-0.1, -0.05) is 60.5 Å². The quantitative estimate of drug-likeness (QED) is 0.620. The zero-order valence-corrected chi connectivity index (χ0v) is 17.7. The van der Waals surface area contributed by atoms with Crippen molar-refractivity contribution in [3.05, 3.63) is 93.2 Å². The Labute approximate surface area is 186 Å². The molecule has 31 heavy (non-hydrogen) atoms. The molecule has 3 aliphatic carbocycles. The van der Waals surface area contributed by atoms with Crippen LogP contribution >= 0.6 is 11.6 Å². The van der Waals surface area contributed by atoms with Gasteiger partial charge >= 0.3 is 0 Å². The fourth-order valence-electron chi connectivity index (χ4n) is 5.74. The molecule has 0 heterocycles. The first kappa shape index (κ1) is 19.8. The topological polar surface area (TPSA) is 83.9 Å². The summed E-state index contributed by atoms with van der Waals surface area (Å²) in [6.07, 6.45) is 5.68. The maximum absolute atomic E-state index is 14.0. The molecule has 1 spiro atoms. The summed E-state index contributed by atoms with van der Waals surface area (Å²) in [4.78, 5) is 28.0. The van der Waals surface area contributed by atoms with E-state index < -0.39 is 11.3 Å². The smallest absolute Gasteiger partial charge is 0.184 e. The molecule has 2 N–H and O–H groups in total. The minimum absolute atomic E-state index is 0.0885. The SMILES string of the molecule is N#CC1=C(N)C2(C(=O)c3ccccc3C2=O)[C@@H](c2ccc(Cl)cc2)[C@@H]2CCCCC=C12. The zero-order chi connectivity index (χ0) is 21.8. The van der Waals surface area contributed by atoms with Gasteiger partial charge in [0.1, 0.15) is 11.5 Å². The molecule has 0 saturated heterocycles. The molecular weight excluding hydrogens is 408 g/mol. The second kappa shape index (κ2) is 7.21. The maximum atomic E-state index is 14.0. The van der Waals surface area contributed by atoms with Crippen LogP contribution in [0.2, 0.25) is 5.02 Å². The van der Waals surface area contributed by atoms with Crippen LogP contribution in [0.15, 0.2) is 71.5 Å². The number of halogens is 1. The van der Waals surface area contributed by atoms with Crippen LogP contribution < -0.4 is 5.73 Å². The highest BCUT2D eigenvalue weighted by atomic mass is 35.5.